The smallest absolute Gasteiger partial charge is 0.124 e. The molecule has 1 atom stereocenters. The van der Waals surface area contributed by atoms with E-state index in [-0.39, 0.29) is 17.3 Å². The van der Waals surface area contributed by atoms with Crippen LogP contribution in [0.3, 0.4) is 0 Å². The number of nitrogens with two attached hydrogens (primary N) is 1. The SMILES string of the molecule is CC(C)(C)[C@H](N)c1ccc(F)cc1I. The van der Waals surface area contributed by atoms with Gasteiger partial charge in [0, 0.05) is 9.61 Å². The number of hydrogen-bond donors (Lipinski definition) is 1. The predicted molar refractivity (Wildman–Crippen MR) is 65.5 cm³/mol. The molecule has 0 saturated heterocycles. The highest BCUT2D eigenvalue weighted by atomic mass is 127. The van der Waals surface area contributed by atoms with E-state index in [1.807, 2.05) is 0 Å². The summed E-state index contributed by atoms with van der Waals surface area (Å²) in [5, 5.41) is 0. The number of halogens is 2. The van der Waals surface area contributed by atoms with Crippen LogP contribution in [-0.2, 0) is 0 Å². The molecule has 1 aromatic carbocycles. The maximum Gasteiger partial charge on any atom is 0.124 e. The van der Waals surface area contributed by atoms with Gasteiger partial charge in [0.05, 0.1) is 0 Å². The first-order valence-corrected chi connectivity index (χ1v) is 5.61. The van der Waals surface area contributed by atoms with E-state index in [9.17, 15) is 4.39 Å². The molecule has 0 aliphatic carbocycles. The molecule has 1 aromatic rings. The third-order valence-corrected chi connectivity index (χ3v) is 3.16. The van der Waals surface area contributed by atoms with Crippen molar-refractivity contribution in [1.82, 2.24) is 0 Å². The van der Waals surface area contributed by atoms with Crippen LogP contribution < -0.4 is 5.73 Å². The van der Waals surface area contributed by atoms with Crippen molar-refractivity contribution in [2.75, 3.05) is 0 Å². The molecule has 2 N–H and O–H groups in total. The van der Waals surface area contributed by atoms with Crippen molar-refractivity contribution in [3.05, 3.63) is 33.1 Å². The fourth-order valence-electron chi connectivity index (χ4n) is 1.22. The second-order valence-electron chi connectivity index (χ2n) is 4.51. The van der Waals surface area contributed by atoms with E-state index in [0.29, 0.717) is 0 Å². The number of rotatable bonds is 1. The molecule has 3 heteroatoms. The number of hydrogen-bond acceptors (Lipinski definition) is 1. The zero-order valence-corrected chi connectivity index (χ0v) is 10.8. The highest BCUT2D eigenvalue weighted by Crippen LogP contribution is 2.32. The maximum absolute atomic E-state index is 12.9. The molecule has 0 unspecified atom stereocenters. The Hall–Kier alpha value is -0.160. The minimum Gasteiger partial charge on any atom is -0.323 e. The van der Waals surface area contributed by atoms with Crippen LogP contribution >= 0.6 is 22.6 Å². The standard InChI is InChI=1S/C11H15FIN/c1-11(2,3)10(14)8-5-4-7(12)6-9(8)13/h4-6,10H,14H2,1-3H3/t10-/m1/s1. The van der Waals surface area contributed by atoms with Gasteiger partial charge in [-0.1, -0.05) is 26.8 Å². The van der Waals surface area contributed by atoms with Gasteiger partial charge in [-0.05, 0) is 45.7 Å². The van der Waals surface area contributed by atoms with Crippen molar-refractivity contribution in [3.63, 3.8) is 0 Å². The van der Waals surface area contributed by atoms with Gasteiger partial charge in [0.25, 0.3) is 0 Å². The lowest BCUT2D eigenvalue weighted by molar-refractivity contribution is 0.326. The molecule has 78 valence electrons. The van der Waals surface area contributed by atoms with Crippen LogP contribution in [0.15, 0.2) is 18.2 Å². The van der Waals surface area contributed by atoms with Crippen LogP contribution in [0.4, 0.5) is 4.39 Å². The Morgan fingerprint density at radius 3 is 2.36 bits per heavy atom. The molecule has 0 amide bonds. The third kappa shape index (κ3) is 2.67. The highest BCUT2D eigenvalue weighted by Gasteiger charge is 2.23. The van der Waals surface area contributed by atoms with Crippen LogP contribution in [0, 0.1) is 14.8 Å². The van der Waals surface area contributed by atoms with Gasteiger partial charge in [0.2, 0.25) is 0 Å². The summed E-state index contributed by atoms with van der Waals surface area (Å²) >= 11 is 2.12. The first-order valence-electron chi connectivity index (χ1n) is 4.53. The Morgan fingerprint density at radius 1 is 1.36 bits per heavy atom. The van der Waals surface area contributed by atoms with E-state index in [2.05, 4.69) is 43.4 Å². The second-order valence-corrected chi connectivity index (χ2v) is 5.67. The van der Waals surface area contributed by atoms with Gasteiger partial charge in [-0.2, -0.15) is 0 Å². The Balaban J connectivity index is 3.08. The Labute approximate surface area is 98.0 Å². The zero-order chi connectivity index (χ0) is 10.9. The fourth-order valence-corrected chi connectivity index (χ4v) is 2.03. The van der Waals surface area contributed by atoms with Crippen molar-refractivity contribution >= 4 is 22.6 Å². The van der Waals surface area contributed by atoms with Crippen LogP contribution in [0.2, 0.25) is 0 Å². The van der Waals surface area contributed by atoms with E-state index in [1.54, 1.807) is 6.07 Å². The fraction of sp³-hybridized carbons (Fsp3) is 0.455. The molecule has 1 rings (SSSR count). The van der Waals surface area contributed by atoms with Crippen LogP contribution in [0.1, 0.15) is 32.4 Å². The molecule has 0 aliphatic heterocycles. The van der Waals surface area contributed by atoms with E-state index in [1.165, 1.54) is 12.1 Å². The summed E-state index contributed by atoms with van der Waals surface area (Å²) in [7, 11) is 0. The van der Waals surface area contributed by atoms with E-state index in [4.69, 9.17) is 5.73 Å². The molecule has 0 heterocycles. The van der Waals surface area contributed by atoms with Crippen LogP contribution in [0.25, 0.3) is 0 Å². The normalized spacial score (nSPS) is 14.1. The predicted octanol–water partition coefficient (Wildman–Crippen LogP) is 3.48. The lowest BCUT2D eigenvalue weighted by Gasteiger charge is -2.28. The van der Waals surface area contributed by atoms with E-state index < -0.39 is 0 Å². The molecule has 0 radical (unpaired) electrons. The van der Waals surface area contributed by atoms with E-state index in [0.717, 1.165) is 9.13 Å². The molecule has 0 aliphatic rings. The Bertz CT molecular complexity index is 331. The lowest BCUT2D eigenvalue weighted by atomic mass is 9.83. The monoisotopic (exact) mass is 307 g/mol. The summed E-state index contributed by atoms with van der Waals surface area (Å²) in [5.41, 5.74) is 7.11. The number of benzene rings is 1. The van der Waals surface area contributed by atoms with E-state index >= 15 is 0 Å². The van der Waals surface area contributed by atoms with Gasteiger partial charge in [-0.3, -0.25) is 0 Å². The van der Waals surface area contributed by atoms with Crippen molar-refractivity contribution < 1.29 is 4.39 Å². The first kappa shape index (κ1) is 11.9. The molecular weight excluding hydrogens is 292 g/mol. The Morgan fingerprint density at radius 2 is 1.93 bits per heavy atom. The first-order chi connectivity index (χ1) is 6.32. The summed E-state index contributed by atoms with van der Waals surface area (Å²) in [5.74, 6) is -0.209. The van der Waals surface area contributed by atoms with Gasteiger partial charge in [-0.25, -0.2) is 4.39 Å². The van der Waals surface area contributed by atoms with Gasteiger partial charge >= 0.3 is 0 Å². The molecule has 0 aromatic heterocycles. The van der Waals surface area contributed by atoms with Crippen LogP contribution in [-0.4, -0.2) is 0 Å². The Kier molecular flexibility index (Phi) is 3.53. The minimum atomic E-state index is -0.209. The molecule has 0 spiro atoms. The molecule has 0 saturated carbocycles. The van der Waals surface area contributed by atoms with Crippen molar-refractivity contribution in [1.29, 1.82) is 0 Å². The summed E-state index contributed by atoms with van der Waals surface area (Å²) in [6, 6.07) is 4.69. The van der Waals surface area contributed by atoms with Crippen molar-refractivity contribution in [2.45, 2.75) is 26.8 Å². The largest absolute Gasteiger partial charge is 0.323 e. The average Bonchev–Trinajstić information content (AvgIpc) is 2.01. The molecular formula is C11H15FIN. The summed E-state index contributed by atoms with van der Waals surface area (Å²) in [6.45, 7) is 6.24. The van der Waals surface area contributed by atoms with Gasteiger partial charge in [-0.15, -0.1) is 0 Å². The zero-order valence-electron chi connectivity index (χ0n) is 8.64. The minimum absolute atomic E-state index is 0.00223. The second kappa shape index (κ2) is 4.14. The molecule has 0 bridgehead atoms. The topological polar surface area (TPSA) is 26.0 Å². The van der Waals surface area contributed by atoms with Gasteiger partial charge < -0.3 is 5.73 Å². The average molecular weight is 307 g/mol. The molecule has 1 nitrogen and oxygen atoms in total. The molecule has 14 heavy (non-hydrogen) atoms. The highest BCUT2D eigenvalue weighted by molar-refractivity contribution is 14.1. The lowest BCUT2D eigenvalue weighted by Crippen LogP contribution is -2.27. The summed E-state index contributed by atoms with van der Waals surface area (Å²) < 4.78 is 13.8. The van der Waals surface area contributed by atoms with Crippen molar-refractivity contribution in [3.8, 4) is 0 Å². The third-order valence-electron chi connectivity index (χ3n) is 2.23. The molecule has 0 fully saturated rings. The summed E-state index contributed by atoms with van der Waals surface area (Å²) in [6.07, 6.45) is 0. The van der Waals surface area contributed by atoms with Gasteiger partial charge in [0.1, 0.15) is 5.82 Å². The maximum atomic E-state index is 12.9. The van der Waals surface area contributed by atoms with Crippen molar-refractivity contribution in [2.24, 2.45) is 11.1 Å². The summed E-state index contributed by atoms with van der Waals surface area (Å²) in [4.78, 5) is 0. The van der Waals surface area contributed by atoms with Crippen LogP contribution in [0.5, 0.6) is 0 Å². The van der Waals surface area contributed by atoms with Gasteiger partial charge in [0.15, 0.2) is 0 Å². The quantitative estimate of drug-likeness (QED) is 0.790.